The summed E-state index contributed by atoms with van der Waals surface area (Å²) in [6.45, 7) is 3.40. The summed E-state index contributed by atoms with van der Waals surface area (Å²) in [5.41, 5.74) is 3.55. The third kappa shape index (κ3) is 3.08. The van der Waals surface area contributed by atoms with Crippen molar-refractivity contribution >= 4 is 34.1 Å². The predicted octanol–water partition coefficient (Wildman–Crippen LogP) is 4.08. The molecule has 0 atom stereocenters. The second-order valence-corrected chi connectivity index (χ2v) is 7.25. The monoisotopic (exact) mass is 339 g/mol. The molecule has 2 aromatic rings. The summed E-state index contributed by atoms with van der Waals surface area (Å²) in [5, 5.41) is 2.94. The summed E-state index contributed by atoms with van der Waals surface area (Å²) in [7, 11) is 0. The van der Waals surface area contributed by atoms with Gasteiger partial charge in [-0.25, -0.2) is 4.98 Å². The van der Waals surface area contributed by atoms with Gasteiger partial charge in [0.2, 0.25) is 5.91 Å². The van der Waals surface area contributed by atoms with Crippen molar-refractivity contribution in [2.45, 2.75) is 38.8 Å². The maximum atomic E-state index is 11.9. The Kier molecular flexibility index (Phi) is 4.10. The fraction of sp³-hybridized carbons (Fsp3) is 0.368. The van der Waals surface area contributed by atoms with Gasteiger partial charge < -0.3 is 4.90 Å². The van der Waals surface area contributed by atoms with Gasteiger partial charge in [-0.1, -0.05) is 30.4 Å². The number of nitrogens with zero attached hydrogens (tertiary/aromatic N) is 3. The molecule has 0 N–H and O–H groups in total. The Morgan fingerprint density at radius 3 is 3.00 bits per heavy atom. The largest absolute Gasteiger partial charge is 0.365 e. The van der Waals surface area contributed by atoms with E-state index in [1.165, 1.54) is 11.3 Å². The van der Waals surface area contributed by atoms with Gasteiger partial charge in [0.15, 0.2) is 5.13 Å². The standard InChI is InChI=1S/C19H21N3OS/c1-14(23)22(17-9-10-17)19-20-16(13-24-19)12-21-11-5-4-7-15-6-2-3-8-18(15)21/h2-4,6-8,13,17H,5,9-12H2,1H3. The van der Waals surface area contributed by atoms with E-state index < -0.39 is 0 Å². The highest BCUT2D eigenvalue weighted by atomic mass is 32.1. The van der Waals surface area contributed by atoms with E-state index in [0.717, 1.165) is 43.2 Å². The third-order valence-electron chi connectivity index (χ3n) is 4.49. The van der Waals surface area contributed by atoms with Gasteiger partial charge in [0.25, 0.3) is 0 Å². The molecule has 1 saturated carbocycles. The minimum absolute atomic E-state index is 0.0997. The van der Waals surface area contributed by atoms with Gasteiger partial charge in [-0.15, -0.1) is 11.3 Å². The van der Waals surface area contributed by atoms with Crippen molar-refractivity contribution < 1.29 is 4.79 Å². The Morgan fingerprint density at radius 2 is 2.21 bits per heavy atom. The zero-order valence-corrected chi connectivity index (χ0v) is 14.6. The number of carbonyl (C=O) groups excluding carboxylic acids is 1. The maximum absolute atomic E-state index is 11.9. The van der Waals surface area contributed by atoms with Gasteiger partial charge in [0, 0.05) is 30.6 Å². The topological polar surface area (TPSA) is 36.4 Å². The Morgan fingerprint density at radius 1 is 1.38 bits per heavy atom. The van der Waals surface area contributed by atoms with Crippen molar-refractivity contribution in [3.8, 4) is 0 Å². The van der Waals surface area contributed by atoms with Crippen LogP contribution in [0.1, 0.15) is 37.4 Å². The van der Waals surface area contributed by atoms with Gasteiger partial charge in [-0.2, -0.15) is 0 Å². The van der Waals surface area contributed by atoms with Gasteiger partial charge in [0.05, 0.1) is 12.2 Å². The first-order valence-electron chi connectivity index (χ1n) is 8.47. The van der Waals surface area contributed by atoms with Crippen LogP contribution in [-0.2, 0) is 11.3 Å². The number of fused-ring (bicyclic) bond motifs is 1. The Labute approximate surface area is 146 Å². The normalized spacial score (nSPS) is 16.6. The lowest BCUT2D eigenvalue weighted by Gasteiger charge is -2.24. The van der Waals surface area contributed by atoms with Gasteiger partial charge in [-0.05, 0) is 30.9 Å². The van der Waals surface area contributed by atoms with Crippen molar-refractivity contribution in [3.05, 3.63) is 47.0 Å². The molecule has 1 fully saturated rings. The van der Waals surface area contributed by atoms with E-state index in [-0.39, 0.29) is 5.91 Å². The molecule has 2 aliphatic rings. The number of hydrogen-bond acceptors (Lipinski definition) is 4. The molecular weight excluding hydrogens is 318 g/mol. The third-order valence-corrected chi connectivity index (χ3v) is 5.38. The van der Waals surface area contributed by atoms with Crippen LogP contribution in [0.25, 0.3) is 6.08 Å². The lowest BCUT2D eigenvalue weighted by Crippen LogP contribution is -2.30. The fourth-order valence-electron chi connectivity index (χ4n) is 3.20. The highest BCUT2D eigenvalue weighted by Gasteiger charge is 2.33. The second kappa shape index (κ2) is 6.40. The lowest BCUT2D eigenvalue weighted by molar-refractivity contribution is -0.116. The molecular formula is C19H21N3OS. The lowest BCUT2D eigenvalue weighted by atomic mass is 10.1. The van der Waals surface area contributed by atoms with Gasteiger partial charge in [-0.3, -0.25) is 9.69 Å². The van der Waals surface area contributed by atoms with Crippen molar-refractivity contribution in [1.82, 2.24) is 4.98 Å². The number of para-hydroxylation sites is 1. The van der Waals surface area contributed by atoms with E-state index in [0.29, 0.717) is 6.04 Å². The van der Waals surface area contributed by atoms with Crippen molar-refractivity contribution in [2.75, 3.05) is 16.3 Å². The van der Waals surface area contributed by atoms with Crippen LogP contribution in [0.4, 0.5) is 10.8 Å². The first-order chi connectivity index (χ1) is 11.7. The van der Waals surface area contributed by atoms with Crippen LogP contribution in [0.5, 0.6) is 0 Å². The van der Waals surface area contributed by atoms with Crippen molar-refractivity contribution in [1.29, 1.82) is 0 Å². The summed E-state index contributed by atoms with van der Waals surface area (Å²) in [6.07, 6.45) is 7.66. The van der Waals surface area contributed by atoms with E-state index in [1.807, 2.05) is 4.90 Å². The van der Waals surface area contributed by atoms with Crippen LogP contribution in [0.15, 0.2) is 35.7 Å². The summed E-state index contributed by atoms with van der Waals surface area (Å²) in [6, 6.07) is 8.85. The minimum Gasteiger partial charge on any atom is -0.365 e. The van der Waals surface area contributed by atoms with Crippen molar-refractivity contribution in [3.63, 3.8) is 0 Å². The molecule has 4 nitrogen and oxygen atoms in total. The van der Waals surface area contributed by atoms with E-state index in [1.54, 1.807) is 18.3 Å². The second-order valence-electron chi connectivity index (χ2n) is 6.41. The number of amides is 1. The van der Waals surface area contributed by atoms with Crippen LogP contribution < -0.4 is 9.80 Å². The van der Waals surface area contributed by atoms with E-state index >= 15 is 0 Å². The molecule has 1 amide bonds. The average Bonchev–Trinajstić information content (AvgIpc) is 3.32. The summed E-state index contributed by atoms with van der Waals surface area (Å²) >= 11 is 1.58. The molecule has 0 saturated heterocycles. The summed E-state index contributed by atoms with van der Waals surface area (Å²) < 4.78 is 0. The predicted molar refractivity (Wildman–Crippen MR) is 99.4 cm³/mol. The molecule has 0 unspecified atom stereocenters. The number of aromatic nitrogens is 1. The number of rotatable bonds is 4. The highest BCUT2D eigenvalue weighted by molar-refractivity contribution is 7.14. The van der Waals surface area contributed by atoms with E-state index in [2.05, 4.69) is 46.7 Å². The average molecular weight is 339 g/mol. The molecule has 1 aromatic heterocycles. The maximum Gasteiger partial charge on any atom is 0.225 e. The smallest absolute Gasteiger partial charge is 0.225 e. The molecule has 5 heteroatoms. The first-order valence-corrected chi connectivity index (χ1v) is 9.35. The number of benzene rings is 1. The Balaban J connectivity index is 1.55. The Hall–Kier alpha value is -2.14. The number of thiazole rings is 1. The molecule has 0 spiro atoms. The molecule has 0 radical (unpaired) electrons. The van der Waals surface area contributed by atoms with Crippen molar-refractivity contribution in [2.24, 2.45) is 0 Å². The van der Waals surface area contributed by atoms with Crippen LogP contribution in [0, 0.1) is 0 Å². The van der Waals surface area contributed by atoms with Gasteiger partial charge >= 0.3 is 0 Å². The fourth-order valence-corrected chi connectivity index (χ4v) is 4.13. The number of carbonyl (C=O) groups is 1. The van der Waals surface area contributed by atoms with Crippen LogP contribution in [-0.4, -0.2) is 23.5 Å². The van der Waals surface area contributed by atoms with Crippen LogP contribution in [0.2, 0.25) is 0 Å². The number of hydrogen-bond donors (Lipinski definition) is 0. The molecule has 124 valence electrons. The molecule has 2 heterocycles. The number of anilines is 2. The van der Waals surface area contributed by atoms with Crippen LogP contribution in [0.3, 0.4) is 0 Å². The summed E-state index contributed by atoms with van der Waals surface area (Å²) in [4.78, 5) is 20.9. The molecule has 1 aliphatic carbocycles. The van der Waals surface area contributed by atoms with Crippen LogP contribution >= 0.6 is 11.3 Å². The zero-order valence-electron chi connectivity index (χ0n) is 13.8. The SMILES string of the molecule is CC(=O)N(c1nc(CN2CCC=Cc3ccccc32)cs1)C1CC1. The molecule has 4 rings (SSSR count). The summed E-state index contributed by atoms with van der Waals surface area (Å²) in [5.74, 6) is 0.0997. The first kappa shape index (κ1) is 15.4. The van der Waals surface area contributed by atoms with E-state index in [9.17, 15) is 4.79 Å². The Bertz CT molecular complexity index is 778. The molecule has 1 aliphatic heterocycles. The molecule has 1 aromatic carbocycles. The van der Waals surface area contributed by atoms with E-state index in [4.69, 9.17) is 4.98 Å². The molecule has 24 heavy (non-hydrogen) atoms. The quantitative estimate of drug-likeness (QED) is 0.842. The van der Waals surface area contributed by atoms with Gasteiger partial charge in [0.1, 0.15) is 0 Å². The minimum atomic E-state index is 0.0997. The highest BCUT2D eigenvalue weighted by Crippen LogP contribution is 2.34. The molecule has 0 bridgehead atoms. The zero-order chi connectivity index (χ0) is 16.5.